The van der Waals surface area contributed by atoms with E-state index in [0.29, 0.717) is 24.9 Å². The van der Waals surface area contributed by atoms with Crippen molar-refractivity contribution in [2.45, 2.75) is 38.1 Å². The summed E-state index contributed by atoms with van der Waals surface area (Å²) >= 11 is 0. The van der Waals surface area contributed by atoms with Crippen LogP contribution in [0.25, 0.3) is 0 Å². The third kappa shape index (κ3) is 2.76. The maximum absolute atomic E-state index is 12.6. The molecule has 1 N–H and O–H groups in total. The number of amides is 2. The second-order valence-corrected chi connectivity index (χ2v) is 7.39. The van der Waals surface area contributed by atoms with Crippen molar-refractivity contribution >= 4 is 17.5 Å². The fourth-order valence-electron chi connectivity index (χ4n) is 4.62. The van der Waals surface area contributed by atoms with Gasteiger partial charge in [-0.15, -0.1) is 0 Å². The van der Waals surface area contributed by atoms with Crippen LogP contribution in [0, 0.1) is 17.8 Å². The highest BCUT2D eigenvalue weighted by Gasteiger charge is 2.42. The Labute approximate surface area is 142 Å². The highest BCUT2D eigenvalue weighted by Crippen LogP contribution is 2.44. The molecule has 4 atom stereocenters. The number of hydrogen-bond donors (Lipinski definition) is 1. The van der Waals surface area contributed by atoms with Gasteiger partial charge in [0, 0.05) is 24.7 Å². The molecule has 1 aromatic rings. The van der Waals surface area contributed by atoms with Crippen LogP contribution in [-0.2, 0) is 9.59 Å². The van der Waals surface area contributed by atoms with E-state index < -0.39 is 0 Å². The molecule has 2 amide bonds. The average Bonchev–Trinajstić information content (AvgIpc) is 3.30. The molecule has 0 radical (unpaired) electrons. The summed E-state index contributed by atoms with van der Waals surface area (Å²) in [5.74, 6) is 2.06. The Morgan fingerprint density at radius 3 is 2.62 bits per heavy atom. The topological polar surface area (TPSA) is 58.6 Å². The Hall–Kier alpha value is -2.04. The van der Waals surface area contributed by atoms with Crippen LogP contribution in [0.3, 0.4) is 0 Å². The van der Waals surface area contributed by atoms with Gasteiger partial charge in [0.1, 0.15) is 5.75 Å². The molecule has 2 bridgehead atoms. The first kappa shape index (κ1) is 15.5. The lowest BCUT2D eigenvalue weighted by molar-refractivity contribution is -0.127. The first-order chi connectivity index (χ1) is 11.6. The number of fused-ring (bicyclic) bond motifs is 2. The van der Waals surface area contributed by atoms with Gasteiger partial charge in [-0.1, -0.05) is 6.42 Å². The normalized spacial score (nSPS) is 31.5. The number of benzene rings is 1. The molecule has 0 aromatic heterocycles. The molecule has 1 heterocycles. The van der Waals surface area contributed by atoms with E-state index in [1.54, 1.807) is 12.0 Å². The van der Waals surface area contributed by atoms with Gasteiger partial charge >= 0.3 is 0 Å². The van der Waals surface area contributed by atoms with Crippen LogP contribution in [0.1, 0.15) is 32.1 Å². The van der Waals surface area contributed by atoms with Crippen molar-refractivity contribution in [1.82, 2.24) is 5.32 Å². The SMILES string of the molecule is COc1ccc(N2C[C@H](C(=O)N[C@@H]3C[C@H]4CC[C@H]3C4)CC2=O)cc1. The van der Waals surface area contributed by atoms with E-state index in [1.165, 1.54) is 19.3 Å². The Bertz CT molecular complexity index is 643. The zero-order chi connectivity index (χ0) is 16.7. The first-order valence-electron chi connectivity index (χ1n) is 8.89. The molecular weight excluding hydrogens is 304 g/mol. The number of hydrogen-bond acceptors (Lipinski definition) is 3. The molecular formula is C19H24N2O3. The molecule has 3 fully saturated rings. The summed E-state index contributed by atoms with van der Waals surface area (Å²) in [7, 11) is 1.62. The van der Waals surface area contributed by atoms with E-state index in [2.05, 4.69) is 5.32 Å². The number of carbonyl (C=O) groups is 2. The number of methoxy groups -OCH3 is 1. The van der Waals surface area contributed by atoms with Gasteiger partial charge in [0.05, 0.1) is 13.0 Å². The second-order valence-electron chi connectivity index (χ2n) is 7.39. The quantitative estimate of drug-likeness (QED) is 0.923. The van der Waals surface area contributed by atoms with Crippen molar-refractivity contribution in [2.75, 3.05) is 18.6 Å². The average molecular weight is 328 g/mol. The van der Waals surface area contributed by atoms with E-state index in [-0.39, 0.29) is 17.7 Å². The Morgan fingerprint density at radius 2 is 2.00 bits per heavy atom. The van der Waals surface area contributed by atoms with Crippen LogP contribution in [0.5, 0.6) is 5.75 Å². The zero-order valence-electron chi connectivity index (χ0n) is 14.0. The molecule has 2 aliphatic carbocycles. The fraction of sp³-hybridized carbons (Fsp3) is 0.579. The van der Waals surface area contributed by atoms with Crippen molar-refractivity contribution in [1.29, 1.82) is 0 Å². The zero-order valence-corrected chi connectivity index (χ0v) is 14.0. The summed E-state index contributed by atoms with van der Waals surface area (Å²) in [4.78, 5) is 26.6. The highest BCUT2D eigenvalue weighted by molar-refractivity contribution is 6.00. The van der Waals surface area contributed by atoms with E-state index >= 15 is 0 Å². The minimum Gasteiger partial charge on any atom is -0.497 e. The molecule has 2 saturated carbocycles. The molecule has 5 nitrogen and oxygen atoms in total. The lowest BCUT2D eigenvalue weighted by Crippen LogP contribution is -2.42. The Morgan fingerprint density at radius 1 is 1.21 bits per heavy atom. The third-order valence-electron chi connectivity index (χ3n) is 5.95. The minimum atomic E-state index is -0.237. The molecule has 0 unspecified atom stereocenters. The second kappa shape index (κ2) is 6.11. The number of nitrogens with one attached hydrogen (secondary N) is 1. The van der Waals surface area contributed by atoms with Crippen LogP contribution in [0.2, 0.25) is 0 Å². The summed E-state index contributed by atoms with van der Waals surface area (Å²) in [5, 5.41) is 3.23. The molecule has 0 spiro atoms. The van der Waals surface area contributed by atoms with Crippen LogP contribution in [0.4, 0.5) is 5.69 Å². The summed E-state index contributed by atoms with van der Waals surface area (Å²) in [6, 6.07) is 7.75. The maximum Gasteiger partial charge on any atom is 0.227 e. The van der Waals surface area contributed by atoms with E-state index in [1.807, 2.05) is 24.3 Å². The smallest absolute Gasteiger partial charge is 0.227 e. The maximum atomic E-state index is 12.6. The fourth-order valence-corrected chi connectivity index (χ4v) is 4.62. The van der Waals surface area contributed by atoms with Crippen LogP contribution in [0.15, 0.2) is 24.3 Å². The van der Waals surface area contributed by atoms with Crippen molar-refractivity contribution in [3.05, 3.63) is 24.3 Å². The predicted octanol–water partition coefficient (Wildman–Crippen LogP) is 2.35. The predicted molar refractivity (Wildman–Crippen MR) is 90.8 cm³/mol. The summed E-state index contributed by atoms with van der Waals surface area (Å²) < 4.78 is 5.15. The van der Waals surface area contributed by atoms with Gasteiger partial charge in [-0.05, 0) is 55.4 Å². The molecule has 1 aliphatic heterocycles. The van der Waals surface area contributed by atoms with Crippen molar-refractivity contribution in [3.8, 4) is 5.75 Å². The molecule has 4 rings (SSSR count). The van der Waals surface area contributed by atoms with E-state index in [0.717, 1.165) is 23.8 Å². The molecule has 3 aliphatic rings. The van der Waals surface area contributed by atoms with Crippen LogP contribution < -0.4 is 15.0 Å². The van der Waals surface area contributed by atoms with E-state index in [9.17, 15) is 9.59 Å². The molecule has 24 heavy (non-hydrogen) atoms. The monoisotopic (exact) mass is 328 g/mol. The number of ether oxygens (including phenoxy) is 1. The van der Waals surface area contributed by atoms with Gasteiger partial charge in [0.25, 0.3) is 0 Å². The largest absolute Gasteiger partial charge is 0.497 e. The molecule has 128 valence electrons. The minimum absolute atomic E-state index is 0.0215. The van der Waals surface area contributed by atoms with E-state index in [4.69, 9.17) is 4.74 Å². The number of nitrogens with zero attached hydrogens (tertiary/aromatic N) is 1. The van der Waals surface area contributed by atoms with Gasteiger partial charge in [-0.2, -0.15) is 0 Å². The van der Waals surface area contributed by atoms with Crippen LogP contribution in [-0.4, -0.2) is 31.5 Å². The Kier molecular flexibility index (Phi) is 3.94. The number of carbonyl (C=O) groups excluding carboxylic acids is 2. The first-order valence-corrected chi connectivity index (χ1v) is 8.89. The lowest BCUT2D eigenvalue weighted by Gasteiger charge is -2.24. The van der Waals surface area contributed by atoms with Gasteiger partial charge in [0.15, 0.2) is 0 Å². The standard InChI is InChI=1S/C19H24N2O3/c1-24-16-6-4-15(5-7-16)21-11-14(10-18(21)22)19(23)20-17-9-12-2-3-13(17)8-12/h4-7,12-14,17H,2-3,8-11H2,1H3,(H,20,23)/t12-,13-,14+,17+/m0/s1. The van der Waals surface area contributed by atoms with Crippen molar-refractivity contribution < 1.29 is 14.3 Å². The number of rotatable bonds is 4. The summed E-state index contributed by atoms with van der Waals surface area (Å²) in [6.07, 6.45) is 5.27. The van der Waals surface area contributed by atoms with Crippen molar-refractivity contribution in [2.24, 2.45) is 17.8 Å². The lowest BCUT2D eigenvalue weighted by atomic mass is 9.94. The molecule has 1 saturated heterocycles. The Balaban J connectivity index is 1.38. The van der Waals surface area contributed by atoms with Gasteiger partial charge < -0.3 is 15.0 Å². The van der Waals surface area contributed by atoms with Gasteiger partial charge in [-0.25, -0.2) is 0 Å². The summed E-state index contributed by atoms with van der Waals surface area (Å²) in [6.45, 7) is 0.470. The van der Waals surface area contributed by atoms with Crippen molar-refractivity contribution in [3.63, 3.8) is 0 Å². The van der Waals surface area contributed by atoms with Gasteiger partial charge in [-0.3, -0.25) is 9.59 Å². The molecule has 1 aromatic carbocycles. The number of anilines is 1. The van der Waals surface area contributed by atoms with Gasteiger partial charge in [0.2, 0.25) is 11.8 Å². The molecule has 5 heteroatoms. The van der Waals surface area contributed by atoms with Crippen LogP contribution >= 0.6 is 0 Å². The third-order valence-corrected chi connectivity index (χ3v) is 5.95. The summed E-state index contributed by atoms with van der Waals surface area (Å²) in [5.41, 5.74) is 0.830. The highest BCUT2D eigenvalue weighted by atomic mass is 16.5.